The van der Waals surface area contributed by atoms with Crippen LogP contribution in [0.15, 0.2) is 170 Å². The number of aromatic nitrogens is 1. The molecule has 0 bridgehead atoms. The number of halogens is 7. The number of nitrogens with zero attached hydrogens (tertiary/aromatic N) is 1. The van der Waals surface area contributed by atoms with Crippen molar-refractivity contribution >= 4 is 22.9 Å². The lowest BCUT2D eigenvalue weighted by Crippen LogP contribution is -2.14. The van der Waals surface area contributed by atoms with E-state index in [2.05, 4.69) is 152 Å². The van der Waals surface area contributed by atoms with E-state index < -0.39 is 0 Å². The van der Waals surface area contributed by atoms with Crippen molar-refractivity contribution in [1.82, 2.24) is 4.98 Å². The van der Waals surface area contributed by atoms with Crippen molar-refractivity contribution in [2.24, 2.45) is 0 Å². The second-order valence-electron chi connectivity index (χ2n) is 36.0. The van der Waals surface area contributed by atoms with Crippen molar-refractivity contribution in [1.29, 1.82) is 0 Å². The molecule has 0 atom stereocenters. The minimum atomic E-state index is -0.284. The summed E-state index contributed by atoms with van der Waals surface area (Å²) in [6, 6.07) is 50.0. The van der Waals surface area contributed by atoms with Gasteiger partial charge in [0.25, 0.3) is 0 Å². The number of thiophene rings is 1. The molecule has 3 nitrogen and oxygen atoms in total. The number of ether oxygens (including phenoxy) is 2. The second-order valence-corrected chi connectivity index (χ2v) is 37.8. The fraction of sp³-hybridized carbons (Fsp3) is 0.457. The Balaban J connectivity index is 0.000000591. The highest BCUT2D eigenvalue weighted by Gasteiger charge is 2.23. The van der Waals surface area contributed by atoms with Crippen molar-refractivity contribution in [3.05, 3.63) is 286 Å². The lowest BCUT2D eigenvalue weighted by atomic mass is 9.86. The van der Waals surface area contributed by atoms with Gasteiger partial charge in [0.05, 0.1) is 20.4 Å². The minimum absolute atomic E-state index is 0.101. The van der Waals surface area contributed by atoms with E-state index >= 15 is 0 Å². The van der Waals surface area contributed by atoms with Crippen LogP contribution in [0.4, 0.5) is 26.3 Å². The van der Waals surface area contributed by atoms with Crippen molar-refractivity contribution < 1.29 is 35.8 Å². The summed E-state index contributed by atoms with van der Waals surface area (Å²) in [4.78, 5) is 6.66. The standard InChI is InChI=1S/4C11H15F.C11H16O.C10H13Cl.C10H14FNO.C10H13F.C9H14S/c1-8-7-9(11(2,3)4)5-6-10(8)12;3*1-8-5-6-10(12)9(7-8)11(2,3)4;1-11(2,3)9-6-5-7-10(8-9)12-4;1-10(2,3)8-4-6-9(11)7-5-8;1-10(2,3)7-5-9(13-4)12-6-8(7)11;1-10(2,3)8-4-6-9(11)7-5-8;1-7-5-6-8(10-7)9(2,3)4/h4*5-7H,1-4H3;5-8H,1-4H3;4-7H,1-3H3;5-6H,1-4H3;4-7H,1-3H3;5-6H,1-4H3. The molecule has 9 aromatic rings. The number of rotatable bonds is 2. The van der Waals surface area contributed by atoms with E-state index in [0.29, 0.717) is 16.9 Å². The van der Waals surface area contributed by atoms with E-state index in [4.69, 9.17) is 21.1 Å². The number of hydrogen-bond acceptors (Lipinski definition) is 4. The van der Waals surface area contributed by atoms with E-state index in [0.717, 1.165) is 49.7 Å². The van der Waals surface area contributed by atoms with Crippen LogP contribution in [-0.2, 0) is 48.7 Å². The number of benzene rings is 7. The summed E-state index contributed by atoms with van der Waals surface area (Å²) in [5.74, 6) is 0.498. The first-order chi connectivity index (χ1) is 47.6. The Kier molecular flexibility index (Phi) is 37.2. The quantitative estimate of drug-likeness (QED) is 0.162. The van der Waals surface area contributed by atoms with Crippen LogP contribution in [-0.4, -0.2) is 19.2 Å². The summed E-state index contributed by atoms with van der Waals surface area (Å²) in [7, 11) is 3.22. The first-order valence-corrected chi connectivity index (χ1v) is 37.3. The Bertz CT molecular complexity index is 3850. The van der Waals surface area contributed by atoms with E-state index in [1.54, 1.807) is 38.3 Å². The summed E-state index contributed by atoms with van der Waals surface area (Å²) in [6.45, 7) is 66.5. The van der Waals surface area contributed by atoms with Crippen LogP contribution in [0, 0.1) is 69.5 Å². The van der Waals surface area contributed by atoms with Gasteiger partial charge in [0.15, 0.2) is 0 Å². The van der Waals surface area contributed by atoms with Gasteiger partial charge in [0, 0.05) is 26.4 Å². The maximum absolute atomic E-state index is 13.3. The highest BCUT2D eigenvalue weighted by atomic mass is 35.5. The van der Waals surface area contributed by atoms with Gasteiger partial charge >= 0.3 is 0 Å². The van der Waals surface area contributed by atoms with Gasteiger partial charge in [-0.05, 0) is 201 Å². The SMILES string of the molecule is CC(C)(C)c1ccc(Cl)cc1.CC(C)(C)c1ccc(F)cc1.COc1cc(C(C)(C)C)c(F)cn1.COc1cccc(C(C)(C)C)c1.Cc1cc(C(C)(C)C)ccc1F.Cc1ccc(C(C)(C)C)s1.Cc1ccc(F)c(C(C)(C)C)c1.Cc1ccc(F)c(C(C)(C)C)c1.Cc1ccc(F)c(C(C)(C)C)c1. The van der Waals surface area contributed by atoms with Crippen LogP contribution in [0.25, 0.3) is 0 Å². The maximum Gasteiger partial charge on any atom is 0.213 e. The molecule has 0 aliphatic carbocycles. The van der Waals surface area contributed by atoms with Gasteiger partial charge < -0.3 is 9.47 Å². The number of aryl methyl sites for hydroxylation is 5. The molecule has 105 heavy (non-hydrogen) atoms. The first-order valence-electron chi connectivity index (χ1n) is 36.1. The fourth-order valence-corrected chi connectivity index (χ4v) is 10.7. The fourth-order valence-electron chi connectivity index (χ4n) is 9.69. The number of methoxy groups -OCH3 is 2. The monoisotopic (exact) mass is 1490 g/mol. The molecule has 11 heteroatoms. The summed E-state index contributed by atoms with van der Waals surface area (Å²) in [5.41, 5.74) is 12.5. The van der Waals surface area contributed by atoms with Crippen LogP contribution in [0.3, 0.4) is 0 Å². The van der Waals surface area contributed by atoms with Crippen LogP contribution in [0.2, 0.25) is 5.02 Å². The van der Waals surface area contributed by atoms with Crippen molar-refractivity contribution in [2.45, 2.75) is 270 Å². The van der Waals surface area contributed by atoms with Crippen LogP contribution in [0.5, 0.6) is 11.6 Å². The zero-order chi connectivity index (χ0) is 81.4. The molecule has 0 saturated heterocycles. The topological polar surface area (TPSA) is 31.4 Å². The van der Waals surface area contributed by atoms with Gasteiger partial charge in [-0.1, -0.05) is 300 Å². The predicted molar refractivity (Wildman–Crippen MR) is 443 cm³/mol. The third-order valence-electron chi connectivity index (χ3n) is 16.5. The van der Waals surface area contributed by atoms with Gasteiger partial charge in [0.2, 0.25) is 5.88 Å². The van der Waals surface area contributed by atoms with E-state index in [-0.39, 0.29) is 78.2 Å². The Labute approximate surface area is 642 Å². The molecule has 0 unspecified atom stereocenters. The summed E-state index contributed by atoms with van der Waals surface area (Å²) >= 11 is 7.66. The first kappa shape index (κ1) is 95.9. The van der Waals surface area contributed by atoms with E-state index in [9.17, 15) is 26.3 Å². The molecule has 2 heterocycles. The summed E-state index contributed by atoms with van der Waals surface area (Å²) in [6.07, 6.45) is 1.19. The Morgan fingerprint density at radius 3 is 0.952 bits per heavy atom. The zero-order valence-electron chi connectivity index (χ0n) is 70.5. The third kappa shape index (κ3) is 36.3. The van der Waals surface area contributed by atoms with Gasteiger partial charge in [0.1, 0.15) is 40.7 Å². The smallest absolute Gasteiger partial charge is 0.213 e. The number of pyridine rings is 1. The maximum atomic E-state index is 13.3. The zero-order valence-corrected chi connectivity index (χ0v) is 72.1. The molecule has 0 fully saturated rings. The summed E-state index contributed by atoms with van der Waals surface area (Å²) < 4.78 is 88.5. The highest BCUT2D eigenvalue weighted by Crippen LogP contribution is 2.33. The highest BCUT2D eigenvalue weighted by molar-refractivity contribution is 7.12. The number of hydrogen-bond donors (Lipinski definition) is 0. The molecule has 578 valence electrons. The van der Waals surface area contributed by atoms with E-state index in [1.807, 2.05) is 182 Å². The largest absolute Gasteiger partial charge is 0.497 e. The van der Waals surface area contributed by atoms with Gasteiger partial charge in [-0.2, -0.15) is 0 Å². The van der Waals surface area contributed by atoms with E-state index in [1.165, 1.54) is 81.7 Å². The average molecular weight is 1490 g/mol. The lowest BCUT2D eigenvalue weighted by Gasteiger charge is -2.20. The summed E-state index contributed by atoms with van der Waals surface area (Å²) in [5, 5.41) is 0.804. The normalized spacial score (nSPS) is 11.7. The molecule has 0 aliphatic heterocycles. The molecular weight excluding hydrogens is 1360 g/mol. The molecular formula is C94H130ClF6NO2S. The van der Waals surface area contributed by atoms with Gasteiger partial charge in [-0.3, -0.25) is 0 Å². The molecule has 0 radical (unpaired) electrons. The Morgan fingerprint density at radius 1 is 0.314 bits per heavy atom. The Morgan fingerprint density at radius 2 is 0.657 bits per heavy atom. The molecule has 7 aromatic carbocycles. The molecule has 0 amide bonds. The van der Waals surface area contributed by atoms with Gasteiger partial charge in [-0.25, -0.2) is 31.3 Å². The molecule has 2 aromatic heterocycles. The van der Waals surface area contributed by atoms with Crippen LogP contribution in [0.1, 0.15) is 263 Å². The average Bonchev–Trinajstić information content (AvgIpc) is 1.85. The molecule has 0 spiro atoms. The predicted octanol–water partition coefficient (Wildman–Crippen LogP) is 29.4. The van der Waals surface area contributed by atoms with Crippen molar-refractivity contribution in [3.63, 3.8) is 0 Å². The molecule has 9 rings (SSSR count). The Hall–Kier alpha value is -7.14. The van der Waals surface area contributed by atoms with Gasteiger partial charge in [-0.15, -0.1) is 11.3 Å². The van der Waals surface area contributed by atoms with Crippen LogP contribution < -0.4 is 9.47 Å². The minimum Gasteiger partial charge on any atom is -0.497 e. The third-order valence-corrected chi connectivity index (χ3v) is 18.2. The molecule has 0 saturated carbocycles. The second kappa shape index (κ2) is 40.7. The van der Waals surface area contributed by atoms with Crippen molar-refractivity contribution in [2.75, 3.05) is 14.2 Å². The molecule has 0 N–H and O–H groups in total. The van der Waals surface area contributed by atoms with Crippen molar-refractivity contribution in [3.8, 4) is 11.6 Å². The van der Waals surface area contributed by atoms with Crippen LogP contribution >= 0.6 is 22.9 Å². The molecule has 0 aliphatic rings. The lowest BCUT2D eigenvalue weighted by molar-refractivity contribution is 0.391.